The van der Waals surface area contributed by atoms with Crippen molar-refractivity contribution in [1.29, 1.82) is 5.26 Å². The van der Waals surface area contributed by atoms with E-state index < -0.39 is 0 Å². The van der Waals surface area contributed by atoms with E-state index in [1.54, 1.807) is 0 Å². The molecule has 0 spiro atoms. The first-order chi connectivity index (χ1) is 9.26. The predicted molar refractivity (Wildman–Crippen MR) is 78.9 cm³/mol. The van der Waals surface area contributed by atoms with Crippen molar-refractivity contribution in [2.45, 2.75) is 19.8 Å². The van der Waals surface area contributed by atoms with Gasteiger partial charge in [-0.25, -0.2) is 0 Å². The zero-order valence-electron chi connectivity index (χ0n) is 11.7. The van der Waals surface area contributed by atoms with Crippen LogP contribution in [-0.4, -0.2) is 17.7 Å². The Hall–Kier alpha value is -1.79. The van der Waals surface area contributed by atoms with Gasteiger partial charge >= 0.3 is 0 Å². The smallest absolute Gasteiger partial charge is 0.0669 e. The summed E-state index contributed by atoms with van der Waals surface area (Å²) in [5.74, 6) is 0.132. The maximum Gasteiger partial charge on any atom is 0.0669 e. The second kappa shape index (κ2) is 6.40. The number of nitrogens with one attached hydrogen (secondary N) is 1. The van der Waals surface area contributed by atoms with Crippen LogP contribution in [0.15, 0.2) is 30.5 Å². The van der Waals surface area contributed by atoms with Gasteiger partial charge in [0.05, 0.1) is 12.0 Å². The molecule has 19 heavy (non-hydrogen) atoms. The van der Waals surface area contributed by atoms with Crippen LogP contribution in [0.3, 0.4) is 0 Å². The predicted octanol–water partition coefficient (Wildman–Crippen LogP) is 2.86. The van der Waals surface area contributed by atoms with Gasteiger partial charge in [0.2, 0.25) is 0 Å². The largest absolute Gasteiger partial charge is 0.350 e. The number of nitriles is 1. The molecule has 0 saturated carbocycles. The minimum Gasteiger partial charge on any atom is -0.350 e. The van der Waals surface area contributed by atoms with E-state index in [9.17, 15) is 0 Å². The number of aryl methyl sites for hydroxylation is 1. The van der Waals surface area contributed by atoms with Gasteiger partial charge in [-0.3, -0.25) is 0 Å². The summed E-state index contributed by atoms with van der Waals surface area (Å²) in [7, 11) is 2.09. The summed E-state index contributed by atoms with van der Waals surface area (Å²) >= 11 is 0. The molecule has 0 fully saturated rings. The fourth-order valence-electron chi connectivity index (χ4n) is 2.41. The third kappa shape index (κ3) is 3.15. The van der Waals surface area contributed by atoms with E-state index in [1.165, 1.54) is 16.5 Å². The second-order valence-electron chi connectivity index (χ2n) is 4.97. The van der Waals surface area contributed by atoms with E-state index in [2.05, 4.69) is 60.4 Å². The Kier molecular flexibility index (Phi) is 4.59. The average Bonchev–Trinajstić information content (AvgIpc) is 2.76. The van der Waals surface area contributed by atoms with Crippen LogP contribution < -0.4 is 5.32 Å². The second-order valence-corrected chi connectivity index (χ2v) is 4.97. The van der Waals surface area contributed by atoms with Crippen molar-refractivity contribution in [3.63, 3.8) is 0 Å². The van der Waals surface area contributed by atoms with Gasteiger partial charge < -0.3 is 9.88 Å². The van der Waals surface area contributed by atoms with Gasteiger partial charge in [0.1, 0.15) is 0 Å². The van der Waals surface area contributed by atoms with E-state index in [4.69, 9.17) is 5.26 Å². The third-order valence-corrected chi connectivity index (χ3v) is 3.62. The highest BCUT2D eigenvalue weighted by molar-refractivity contribution is 5.83. The summed E-state index contributed by atoms with van der Waals surface area (Å²) in [4.78, 5) is 0. The fraction of sp³-hybridized carbons (Fsp3) is 0.438. The van der Waals surface area contributed by atoms with E-state index in [-0.39, 0.29) is 5.92 Å². The Labute approximate surface area is 114 Å². The van der Waals surface area contributed by atoms with Crippen LogP contribution in [0.1, 0.15) is 18.9 Å². The third-order valence-electron chi connectivity index (χ3n) is 3.62. The topological polar surface area (TPSA) is 40.8 Å². The average molecular weight is 255 g/mol. The van der Waals surface area contributed by atoms with Gasteiger partial charge in [-0.2, -0.15) is 5.26 Å². The van der Waals surface area contributed by atoms with Crippen LogP contribution in [0.5, 0.6) is 0 Å². The highest BCUT2D eigenvalue weighted by Crippen LogP contribution is 2.20. The van der Waals surface area contributed by atoms with Gasteiger partial charge in [-0.1, -0.05) is 25.1 Å². The quantitative estimate of drug-likeness (QED) is 0.806. The number of fused-ring (bicyclic) bond motifs is 1. The fourth-order valence-corrected chi connectivity index (χ4v) is 2.41. The van der Waals surface area contributed by atoms with Gasteiger partial charge in [0, 0.05) is 30.7 Å². The Morgan fingerprint density at radius 1 is 1.37 bits per heavy atom. The lowest BCUT2D eigenvalue weighted by Gasteiger charge is -2.07. The molecule has 1 N–H and O–H groups in total. The molecule has 1 atom stereocenters. The van der Waals surface area contributed by atoms with Crippen LogP contribution in [0.25, 0.3) is 10.9 Å². The molecule has 0 aliphatic rings. The maximum atomic E-state index is 8.89. The van der Waals surface area contributed by atoms with Crippen LogP contribution in [0, 0.1) is 17.2 Å². The number of hydrogen-bond acceptors (Lipinski definition) is 2. The molecule has 1 aromatic carbocycles. The van der Waals surface area contributed by atoms with Crippen LogP contribution in [0.2, 0.25) is 0 Å². The molecular formula is C16H21N3. The Morgan fingerprint density at radius 3 is 2.89 bits per heavy atom. The molecule has 0 bridgehead atoms. The standard InChI is InChI=1S/C16H21N3/c1-3-13(10-17)11-18-9-8-14-12-19(2)16-7-5-4-6-15(14)16/h4-7,12-13,18H,3,8-9,11H2,1-2H3. The Morgan fingerprint density at radius 2 is 2.16 bits per heavy atom. The lowest BCUT2D eigenvalue weighted by molar-refractivity contribution is 0.555. The molecule has 0 aliphatic heterocycles. The van der Waals surface area contributed by atoms with Crippen molar-refractivity contribution in [2.24, 2.45) is 13.0 Å². The molecule has 3 heteroatoms. The minimum atomic E-state index is 0.132. The summed E-state index contributed by atoms with van der Waals surface area (Å²) < 4.78 is 2.18. The lowest BCUT2D eigenvalue weighted by atomic mass is 10.1. The zero-order chi connectivity index (χ0) is 13.7. The lowest BCUT2D eigenvalue weighted by Crippen LogP contribution is -2.23. The minimum absolute atomic E-state index is 0.132. The van der Waals surface area contributed by atoms with E-state index in [0.29, 0.717) is 0 Å². The molecule has 100 valence electrons. The molecule has 2 aromatic rings. The summed E-state index contributed by atoms with van der Waals surface area (Å²) in [6.45, 7) is 3.77. The number of aromatic nitrogens is 1. The van der Waals surface area contributed by atoms with E-state index in [0.717, 1.165) is 25.9 Å². The van der Waals surface area contributed by atoms with Crippen LogP contribution in [-0.2, 0) is 13.5 Å². The van der Waals surface area contributed by atoms with Gasteiger partial charge in [-0.05, 0) is 31.0 Å². The SMILES string of the molecule is CCC(C#N)CNCCc1cn(C)c2ccccc12. The molecule has 1 heterocycles. The van der Waals surface area contributed by atoms with Crippen LogP contribution >= 0.6 is 0 Å². The number of para-hydroxylation sites is 1. The number of rotatable bonds is 6. The molecule has 1 aromatic heterocycles. The highest BCUT2D eigenvalue weighted by atomic mass is 14.9. The Bertz CT molecular complexity index is 577. The van der Waals surface area contributed by atoms with Gasteiger partial charge in [0.25, 0.3) is 0 Å². The van der Waals surface area contributed by atoms with Crippen molar-refractivity contribution >= 4 is 10.9 Å². The molecule has 0 radical (unpaired) electrons. The number of nitrogens with zero attached hydrogens (tertiary/aromatic N) is 2. The van der Waals surface area contributed by atoms with Crippen molar-refractivity contribution < 1.29 is 0 Å². The first-order valence-electron chi connectivity index (χ1n) is 6.89. The number of hydrogen-bond donors (Lipinski definition) is 1. The first kappa shape index (κ1) is 13.6. The maximum absolute atomic E-state index is 8.89. The van der Waals surface area contributed by atoms with Crippen molar-refractivity contribution in [3.8, 4) is 6.07 Å². The van der Waals surface area contributed by atoms with Crippen molar-refractivity contribution in [3.05, 3.63) is 36.0 Å². The summed E-state index contributed by atoms with van der Waals surface area (Å²) in [5.41, 5.74) is 2.65. The highest BCUT2D eigenvalue weighted by Gasteiger charge is 2.06. The monoisotopic (exact) mass is 255 g/mol. The molecular weight excluding hydrogens is 234 g/mol. The molecule has 0 amide bonds. The summed E-state index contributed by atoms with van der Waals surface area (Å²) in [6.07, 6.45) is 4.12. The molecule has 0 aliphatic carbocycles. The Balaban J connectivity index is 1.94. The van der Waals surface area contributed by atoms with Crippen molar-refractivity contribution in [2.75, 3.05) is 13.1 Å². The normalized spacial score (nSPS) is 12.5. The molecule has 2 rings (SSSR count). The van der Waals surface area contributed by atoms with Gasteiger partial charge in [0.15, 0.2) is 0 Å². The van der Waals surface area contributed by atoms with Gasteiger partial charge in [-0.15, -0.1) is 0 Å². The van der Waals surface area contributed by atoms with Crippen LogP contribution in [0.4, 0.5) is 0 Å². The summed E-state index contributed by atoms with van der Waals surface area (Å²) in [5, 5.41) is 13.6. The molecule has 1 unspecified atom stereocenters. The van der Waals surface area contributed by atoms with Crippen molar-refractivity contribution in [1.82, 2.24) is 9.88 Å². The van der Waals surface area contributed by atoms with E-state index in [1.807, 2.05) is 0 Å². The summed E-state index contributed by atoms with van der Waals surface area (Å²) in [6, 6.07) is 10.8. The first-order valence-corrected chi connectivity index (χ1v) is 6.89. The number of benzene rings is 1. The molecule has 3 nitrogen and oxygen atoms in total. The zero-order valence-corrected chi connectivity index (χ0v) is 11.7. The van der Waals surface area contributed by atoms with E-state index >= 15 is 0 Å². The molecule has 0 saturated heterocycles.